The molecule has 1 atom stereocenters. The third kappa shape index (κ3) is 2.37. The lowest BCUT2D eigenvalue weighted by Crippen LogP contribution is -2.29. The maximum absolute atomic E-state index is 6.08. The number of nitrogens with one attached hydrogen (secondary N) is 1. The van der Waals surface area contributed by atoms with Crippen LogP contribution in [-0.4, -0.2) is 16.1 Å². The quantitative estimate of drug-likeness (QED) is 0.896. The molecule has 1 fully saturated rings. The Morgan fingerprint density at radius 3 is 2.89 bits per heavy atom. The number of fused-ring (bicyclic) bond motifs is 1. The summed E-state index contributed by atoms with van der Waals surface area (Å²) in [6.07, 6.45) is 3.72. The predicted molar refractivity (Wildman–Crippen MR) is 79.7 cm³/mol. The highest BCUT2D eigenvalue weighted by Gasteiger charge is 2.23. The third-order valence-electron chi connectivity index (χ3n) is 3.82. The fraction of sp³-hybridized carbons (Fsp3) is 0.533. The van der Waals surface area contributed by atoms with E-state index in [-0.39, 0.29) is 0 Å². The Kier molecular flexibility index (Phi) is 3.50. The average molecular weight is 278 g/mol. The van der Waals surface area contributed by atoms with Crippen LogP contribution in [0.5, 0.6) is 0 Å². The van der Waals surface area contributed by atoms with Crippen molar-refractivity contribution in [3.63, 3.8) is 0 Å². The molecule has 1 saturated heterocycles. The van der Waals surface area contributed by atoms with Crippen LogP contribution < -0.4 is 5.32 Å². The molecule has 19 heavy (non-hydrogen) atoms. The van der Waals surface area contributed by atoms with Gasteiger partial charge in [-0.05, 0) is 51.4 Å². The first kappa shape index (κ1) is 12.9. The van der Waals surface area contributed by atoms with Gasteiger partial charge in [0.05, 0.1) is 17.1 Å². The summed E-state index contributed by atoms with van der Waals surface area (Å²) in [6, 6.07) is 6.77. The number of hydrogen-bond donors (Lipinski definition) is 1. The van der Waals surface area contributed by atoms with Gasteiger partial charge >= 0.3 is 0 Å². The zero-order chi connectivity index (χ0) is 13.4. The van der Waals surface area contributed by atoms with E-state index in [0.717, 1.165) is 22.9 Å². The second-order valence-electron chi connectivity index (χ2n) is 5.57. The van der Waals surface area contributed by atoms with Crippen molar-refractivity contribution in [2.24, 2.45) is 0 Å². The molecule has 3 rings (SSSR count). The number of piperidine rings is 1. The number of benzene rings is 1. The Bertz CT molecular complexity index is 582. The molecular formula is C15H20ClN3. The second-order valence-corrected chi connectivity index (χ2v) is 6.01. The van der Waals surface area contributed by atoms with Crippen LogP contribution in [0.1, 0.15) is 51.0 Å². The topological polar surface area (TPSA) is 29.9 Å². The molecule has 0 bridgehead atoms. The molecule has 1 aromatic carbocycles. The summed E-state index contributed by atoms with van der Waals surface area (Å²) in [7, 11) is 0. The summed E-state index contributed by atoms with van der Waals surface area (Å²) >= 11 is 6.08. The van der Waals surface area contributed by atoms with E-state index >= 15 is 0 Å². The lowest BCUT2D eigenvalue weighted by molar-refractivity contribution is 0.380. The Labute approximate surface area is 119 Å². The Morgan fingerprint density at radius 1 is 1.37 bits per heavy atom. The summed E-state index contributed by atoms with van der Waals surface area (Å²) in [5.41, 5.74) is 2.19. The van der Waals surface area contributed by atoms with E-state index in [1.54, 1.807) is 0 Å². The number of rotatable bonds is 2. The monoisotopic (exact) mass is 277 g/mol. The standard InChI is InChI=1S/C15H20ClN3/c1-10(2)19-14-7-6-11(16)9-13(14)18-15(19)12-5-3-4-8-17-12/h6-7,9-10,12,17H,3-5,8H2,1-2H3. The van der Waals surface area contributed by atoms with Crippen LogP contribution in [0.2, 0.25) is 5.02 Å². The zero-order valence-electron chi connectivity index (χ0n) is 11.5. The van der Waals surface area contributed by atoms with Gasteiger partial charge in [0.1, 0.15) is 5.82 Å². The Balaban J connectivity index is 2.13. The molecule has 1 aromatic heterocycles. The molecule has 102 valence electrons. The second kappa shape index (κ2) is 5.14. The van der Waals surface area contributed by atoms with Gasteiger partial charge in [-0.1, -0.05) is 18.0 Å². The Hall–Kier alpha value is -1.06. The Morgan fingerprint density at radius 2 is 2.21 bits per heavy atom. The van der Waals surface area contributed by atoms with E-state index in [0.29, 0.717) is 12.1 Å². The lowest BCUT2D eigenvalue weighted by atomic mass is 10.0. The predicted octanol–water partition coefficient (Wildman–Crippen LogP) is 4.09. The molecule has 0 amide bonds. The van der Waals surface area contributed by atoms with E-state index < -0.39 is 0 Å². The zero-order valence-corrected chi connectivity index (χ0v) is 12.2. The van der Waals surface area contributed by atoms with Crippen LogP contribution in [0, 0.1) is 0 Å². The van der Waals surface area contributed by atoms with Gasteiger partial charge < -0.3 is 9.88 Å². The number of imidazole rings is 1. The third-order valence-corrected chi connectivity index (χ3v) is 4.05. The van der Waals surface area contributed by atoms with Gasteiger partial charge in [-0.2, -0.15) is 0 Å². The molecule has 3 nitrogen and oxygen atoms in total. The summed E-state index contributed by atoms with van der Waals surface area (Å²) in [4.78, 5) is 4.83. The van der Waals surface area contributed by atoms with E-state index in [4.69, 9.17) is 16.6 Å². The molecule has 2 heterocycles. The van der Waals surface area contributed by atoms with Crippen molar-refractivity contribution in [1.29, 1.82) is 0 Å². The van der Waals surface area contributed by atoms with Crippen LogP contribution in [0.4, 0.5) is 0 Å². The van der Waals surface area contributed by atoms with Gasteiger partial charge in [-0.3, -0.25) is 0 Å². The highest BCUT2D eigenvalue weighted by atomic mass is 35.5. The van der Waals surface area contributed by atoms with Gasteiger partial charge in [0.25, 0.3) is 0 Å². The fourth-order valence-electron chi connectivity index (χ4n) is 2.95. The molecule has 1 unspecified atom stereocenters. The van der Waals surface area contributed by atoms with Gasteiger partial charge in [0, 0.05) is 11.1 Å². The first-order valence-corrected chi connectivity index (χ1v) is 7.45. The van der Waals surface area contributed by atoms with Gasteiger partial charge in [-0.25, -0.2) is 4.98 Å². The molecule has 4 heteroatoms. The summed E-state index contributed by atoms with van der Waals surface area (Å²) in [6.45, 7) is 5.51. The first-order valence-electron chi connectivity index (χ1n) is 7.07. The molecule has 0 spiro atoms. The smallest absolute Gasteiger partial charge is 0.127 e. The van der Waals surface area contributed by atoms with E-state index in [9.17, 15) is 0 Å². The number of nitrogens with zero attached hydrogens (tertiary/aromatic N) is 2. The fourth-order valence-corrected chi connectivity index (χ4v) is 3.12. The van der Waals surface area contributed by atoms with Crippen molar-refractivity contribution in [3.8, 4) is 0 Å². The minimum Gasteiger partial charge on any atom is -0.324 e. The van der Waals surface area contributed by atoms with Crippen molar-refractivity contribution in [1.82, 2.24) is 14.9 Å². The van der Waals surface area contributed by atoms with Gasteiger partial charge in [0.2, 0.25) is 0 Å². The van der Waals surface area contributed by atoms with Gasteiger partial charge in [-0.15, -0.1) is 0 Å². The van der Waals surface area contributed by atoms with Crippen LogP contribution in [-0.2, 0) is 0 Å². The summed E-state index contributed by atoms with van der Waals surface area (Å²) < 4.78 is 2.34. The number of aromatic nitrogens is 2. The molecule has 1 aliphatic rings. The average Bonchev–Trinajstić information content (AvgIpc) is 2.78. The SMILES string of the molecule is CC(C)n1c(C2CCCCN2)nc2cc(Cl)ccc21. The normalized spacial score (nSPS) is 20.3. The van der Waals surface area contributed by atoms with Crippen LogP contribution in [0.15, 0.2) is 18.2 Å². The first-order chi connectivity index (χ1) is 9.16. The van der Waals surface area contributed by atoms with Crippen molar-refractivity contribution < 1.29 is 0 Å². The molecule has 1 aliphatic heterocycles. The maximum Gasteiger partial charge on any atom is 0.127 e. The van der Waals surface area contributed by atoms with Crippen LogP contribution in [0.3, 0.4) is 0 Å². The highest BCUT2D eigenvalue weighted by Crippen LogP contribution is 2.30. The molecule has 2 aromatic rings. The van der Waals surface area contributed by atoms with Crippen molar-refractivity contribution in [2.75, 3.05) is 6.54 Å². The molecule has 0 saturated carbocycles. The van der Waals surface area contributed by atoms with Crippen LogP contribution in [0.25, 0.3) is 11.0 Å². The maximum atomic E-state index is 6.08. The van der Waals surface area contributed by atoms with E-state index in [1.807, 2.05) is 12.1 Å². The van der Waals surface area contributed by atoms with Gasteiger partial charge in [0.15, 0.2) is 0 Å². The highest BCUT2D eigenvalue weighted by molar-refractivity contribution is 6.31. The molecule has 1 N–H and O–H groups in total. The number of hydrogen-bond acceptors (Lipinski definition) is 2. The van der Waals surface area contributed by atoms with E-state index in [2.05, 4.69) is 29.8 Å². The summed E-state index contributed by atoms with van der Waals surface area (Å²) in [5.74, 6) is 1.16. The summed E-state index contributed by atoms with van der Waals surface area (Å²) in [5, 5.41) is 4.34. The minimum absolute atomic E-state index is 0.377. The molecule has 0 radical (unpaired) electrons. The van der Waals surface area contributed by atoms with E-state index in [1.165, 1.54) is 24.8 Å². The number of halogens is 1. The van der Waals surface area contributed by atoms with Crippen LogP contribution >= 0.6 is 11.6 Å². The molecular weight excluding hydrogens is 258 g/mol. The minimum atomic E-state index is 0.377. The van der Waals surface area contributed by atoms with Crippen molar-refractivity contribution >= 4 is 22.6 Å². The lowest BCUT2D eigenvalue weighted by Gasteiger charge is -2.25. The molecule has 0 aliphatic carbocycles. The van der Waals surface area contributed by atoms with Crippen molar-refractivity contribution in [2.45, 2.75) is 45.2 Å². The largest absolute Gasteiger partial charge is 0.324 e. The van der Waals surface area contributed by atoms with Crippen molar-refractivity contribution in [3.05, 3.63) is 29.0 Å².